The van der Waals surface area contributed by atoms with Crippen LogP contribution in [0.1, 0.15) is 6.92 Å². The SMILES string of the molecule is CCNc1ncnc(Sc2ccccc2Br)c1[N+](=O)[O-]. The van der Waals surface area contributed by atoms with Crippen LogP contribution in [0.4, 0.5) is 11.5 Å². The van der Waals surface area contributed by atoms with Crippen molar-refractivity contribution >= 4 is 39.2 Å². The summed E-state index contributed by atoms with van der Waals surface area (Å²) in [6.45, 7) is 2.41. The lowest BCUT2D eigenvalue weighted by molar-refractivity contribution is -0.387. The first-order valence-electron chi connectivity index (χ1n) is 5.79. The zero-order valence-corrected chi connectivity index (χ0v) is 12.9. The number of hydrogen-bond acceptors (Lipinski definition) is 6. The monoisotopic (exact) mass is 354 g/mol. The Morgan fingerprint density at radius 2 is 2.15 bits per heavy atom. The van der Waals surface area contributed by atoms with Crippen molar-refractivity contribution < 1.29 is 4.92 Å². The summed E-state index contributed by atoms with van der Waals surface area (Å²) in [5.41, 5.74) is -0.102. The summed E-state index contributed by atoms with van der Waals surface area (Å²) in [5, 5.41) is 14.4. The summed E-state index contributed by atoms with van der Waals surface area (Å²) in [6.07, 6.45) is 1.32. The first kappa shape index (κ1) is 14.7. The fourth-order valence-corrected chi connectivity index (χ4v) is 2.95. The number of halogens is 1. The minimum atomic E-state index is -0.461. The van der Waals surface area contributed by atoms with Crippen LogP contribution in [0.25, 0.3) is 0 Å². The van der Waals surface area contributed by atoms with Crippen LogP contribution in [0.2, 0.25) is 0 Å². The van der Waals surface area contributed by atoms with E-state index >= 15 is 0 Å². The molecular weight excluding hydrogens is 344 g/mol. The zero-order valence-electron chi connectivity index (χ0n) is 10.5. The van der Waals surface area contributed by atoms with E-state index < -0.39 is 4.92 Å². The van der Waals surface area contributed by atoms with Crippen LogP contribution < -0.4 is 5.32 Å². The van der Waals surface area contributed by atoms with Gasteiger partial charge in [-0.1, -0.05) is 23.9 Å². The van der Waals surface area contributed by atoms with Crippen LogP contribution >= 0.6 is 27.7 Å². The number of rotatable bonds is 5. The highest BCUT2D eigenvalue weighted by Crippen LogP contribution is 2.39. The molecule has 6 nitrogen and oxygen atoms in total. The number of nitrogens with zero attached hydrogens (tertiary/aromatic N) is 3. The van der Waals surface area contributed by atoms with Gasteiger partial charge in [-0.25, -0.2) is 9.97 Å². The Morgan fingerprint density at radius 3 is 2.80 bits per heavy atom. The zero-order chi connectivity index (χ0) is 14.5. The molecule has 8 heteroatoms. The standard InChI is InChI=1S/C12H11BrN4O2S/c1-2-14-11-10(17(18)19)12(16-7-15-11)20-9-6-4-3-5-8(9)13/h3-7H,2H2,1H3,(H,14,15,16). The summed E-state index contributed by atoms with van der Waals surface area (Å²) in [4.78, 5) is 19.6. The van der Waals surface area contributed by atoms with Gasteiger partial charge in [0, 0.05) is 15.9 Å². The highest BCUT2D eigenvalue weighted by molar-refractivity contribution is 9.10. The van der Waals surface area contributed by atoms with Gasteiger partial charge < -0.3 is 5.32 Å². The highest BCUT2D eigenvalue weighted by atomic mass is 79.9. The molecule has 104 valence electrons. The van der Waals surface area contributed by atoms with Crippen LogP contribution in [-0.2, 0) is 0 Å². The minimum absolute atomic E-state index is 0.102. The molecule has 2 rings (SSSR count). The highest BCUT2D eigenvalue weighted by Gasteiger charge is 2.23. The summed E-state index contributed by atoms with van der Waals surface area (Å²) in [6, 6.07) is 7.49. The van der Waals surface area contributed by atoms with Crippen LogP contribution in [-0.4, -0.2) is 21.4 Å². The van der Waals surface area contributed by atoms with Crippen molar-refractivity contribution in [3.63, 3.8) is 0 Å². The van der Waals surface area contributed by atoms with Gasteiger partial charge >= 0.3 is 5.69 Å². The van der Waals surface area contributed by atoms with E-state index in [9.17, 15) is 10.1 Å². The Balaban J connectivity index is 2.44. The Kier molecular flexibility index (Phi) is 4.91. The van der Waals surface area contributed by atoms with Gasteiger partial charge in [0.2, 0.25) is 5.82 Å². The Labute approximate surface area is 128 Å². The summed E-state index contributed by atoms with van der Waals surface area (Å²) in [7, 11) is 0. The van der Waals surface area contributed by atoms with Gasteiger partial charge in [-0.15, -0.1) is 0 Å². The van der Waals surface area contributed by atoms with Gasteiger partial charge in [0.15, 0.2) is 5.03 Å². The summed E-state index contributed by atoms with van der Waals surface area (Å²) in [5.74, 6) is 0.238. The third-order valence-corrected chi connectivity index (χ3v) is 4.38. The maximum Gasteiger partial charge on any atom is 0.343 e. The first-order chi connectivity index (χ1) is 9.63. The average Bonchev–Trinajstić information content (AvgIpc) is 2.41. The molecule has 0 spiro atoms. The number of anilines is 1. The molecule has 20 heavy (non-hydrogen) atoms. The van der Waals surface area contributed by atoms with Gasteiger partial charge in [0.1, 0.15) is 6.33 Å². The maximum absolute atomic E-state index is 11.3. The number of aromatic nitrogens is 2. The topological polar surface area (TPSA) is 81.0 Å². The molecule has 1 N–H and O–H groups in total. The van der Waals surface area contributed by atoms with Crippen LogP contribution in [0.3, 0.4) is 0 Å². The Morgan fingerprint density at radius 1 is 1.40 bits per heavy atom. The van der Waals surface area contributed by atoms with Gasteiger partial charge in [0.25, 0.3) is 0 Å². The van der Waals surface area contributed by atoms with Crippen molar-refractivity contribution in [1.82, 2.24) is 9.97 Å². The molecule has 0 atom stereocenters. The lowest BCUT2D eigenvalue weighted by atomic mass is 10.4. The summed E-state index contributed by atoms with van der Waals surface area (Å²) < 4.78 is 0.864. The quantitative estimate of drug-likeness (QED) is 0.500. The van der Waals surface area contributed by atoms with Crippen LogP contribution in [0.5, 0.6) is 0 Å². The Hall–Kier alpha value is -1.67. The molecule has 0 aliphatic rings. The number of nitro groups is 1. The Bertz CT molecular complexity index is 639. The third kappa shape index (κ3) is 3.26. The van der Waals surface area contributed by atoms with Crippen molar-refractivity contribution in [2.24, 2.45) is 0 Å². The normalized spacial score (nSPS) is 10.3. The molecule has 0 unspecified atom stereocenters. The fourth-order valence-electron chi connectivity index (χ4n) is 1.53. The summed E-state index contributed by atoms with van der Waals surface area (Å²) >= 11 is 4.64. The lowest BCUT2D eigenvalue weighted by Crippen LogP contribution is -2.05. The van der Waals surface area contributed by atoms with Gasteiger partial charge in [0.05, 0.1) is 4.92 Å². The van der Waals surface area contributed by atoms with Crippen LogP contribution in [0.15, 0.2) is 45.0 Å². The van der Waals surface area contributed by atoms with Crippen LogP contribution in [0, 0.1) is 10.1 Å². The van der Waals surface area contributed by atoms with Gasteiger partial charge in [-0.05, 0) is 35.0 Å². The van der Waals surface area contributed by atoms with Crippen molar-refractivity contribution in [2.45, 2.75) is 16.8 Å². The molecular formula is C12H11BrN4O2S. The molecule has 2 aromatic rings. The van der Waals surface area contributed by atoms with Gasteiger partial charge in [-0.3, -0.25) is 10.1 Å². The van der Waals surface area contributed by atoms with Gasteiger partial charge in [-0.2, -0.15) is 0 Å². The molecule has 1 aromatic carbocycles. The van der Waals surface area contributed by atoms with E-state index in [1.807, 2.05) is 31.2 Å². The second kappa shape index (κ2) is 6.67. The van der Waals surface area contributed by atoms with E-state index in [0.717, 1.165) is 9.37 Å². The third-order valence-electron chi connectivity index (χ3n) is 2.36. The molecule has 0 radical (unpaired) electrons. The minimum Gasteiger partial charge on any atom is -0.364 e. The van der Waals surface area contributed by atoms with E-state index in [1.54, 1.807) is 0 Å². The molecule has 0 saturated heterocycles. The molecule has 0 aliphatic carbocycles. The second-order valence-corrected chi connectivity index (χ2v) is 5.58. The van der Waals surface area contributed by atoms with Crippen molar-refractivity contribution in [1.29, 1.82) is 0 Å². The molecule has 0 amide bonds. The fraction of sp³-hybridized carbons (Fsp3) is 0.167. The second-order valence-electron chi connectivity index (χ2n) is 3.70. The number of benzene rings is 1. The predicted molar refractivity (Wildman–Crippen MR) is 81.1 cm³/mol. The molecule has 0 aliphatic heterocycles. The van der Waals surface area contributed by atoms with Crippen molar-refractivity contribution in [2.75, 3.05) is 11.9 Å². The molecule has 1 aromatic heterocycles. The molecule has 0 saturated carbocycles. The lowest BCUT2D eigenvalue weighted by Gasteiger charge is -2.07. The number of nitrogens with one attached hydrogen (secondary N) is 1. The smallest absolute Gasteiger partial charge is 0.343 e. The van der Waals surface area contributed by atoms with Crippen molar-refractivity contribution in [3.8, 4) is 0 Å². The number of hydrogen-bond donors (Lipinski definition) is 1. The molecule has 1 heterocycles. The van der Waals surface area contributed by atoms with E-state index in [2.05, 4.69) is 31.2 Å². The molecule has 0 bridgehead atoms. The molecule has 0 fully saturated rings. The first-order valence-corrected chi connectivity index (χ1v) is 7.40. The predicted octanol–water partition coefficient (Wildman–Crippen LogP) is 3.73. The van der Waals surface area contributed by atoms with E-state index in [-0.39, 0.29) is 11.5 Å². The average molecular weight is 355 g/mol. The van der Waals surface area contributed by atoms with E-state index in [4.69, 9.17) is 0 Å². The van der Waals surface area contributed by atoms with E-state index in [0.29, 0.717) is 11.6 Å². The van der Waals surface area contributed by atoms with Crippen molar-refractivity contribution in [3.05, 3.63) is 45.2 Å². The maximum atomic E-state index is 11.3. The van der Waals surface area contributed by atoms with E-state index in [1.165, 1.54) is 18.1 Å². The largest absolute Gasteiger partial charge is 0.364 e.